The molecular weight excluding hydrogens is 354 g/mol. The van der Waals surface area contributed by atoms with Gasteiger partial charge in [0.15, 0.2) is 0 Å². The molecule has 0 saturated carbocycles. The number of rotatable bonds is 5. The fourth-order valence-electron chi connectivity index (χ4n) is 2.85. The van der Waals surface area contributed by atoms with Gasteiger partial charge in [-0.15, -0.1) is 6.58 Å². The molecule has 1 aromatic carbocycles. The van der Waals surface area contributed by atoms with Crippen molar-refractivity contribution in [3.63, 3.8) is 0 Å². The second-order valence-electron chi connectivity index (χ2n) is 7.47. The lowest BCUT2D eigenvalue weighted by molar-refractivity contribution is 0.0140. The first-order valence-corrected chi connectivity index (χ1v) is 10.0. The Morgan fingerprint density at radius 2 is 1.88 bits per heavy atom. The van der Waals surface area contributed by atoms with Crippen LogP contribution in [0.25, 0.3) is 0 Å². The van der Waals surface area contributed by atoms with E-state index in [1.807, 2.05) is 6.92 Å². The molecule has 1 aromatic rings. The Labute approximate surface area is 155 Å². The van der Waals surface area contributed by atoms with Crippen molar-refractivity contribution in [2.75, 3.05) is 6.61 Å². The van der Waals surface area contributed by atoms with Crippen LogP contribution in [-0.2, 0) is 19.0 Å². The van der Waals surface area contributed by atoms with Crippen LogP contribution < -0.4 is 0 Å². The van der Waals surface area contributed by atoms with E-state index in [1.165, 1.54) is 17.0 Å². The van der Waals surface area contributed by atoms with Crippen molar-refractivity contribution in [3.05, 3.63) is 42.5 Å². The number of carbonyl (C=O) groups is 1. The van der Waals surface area contributed by atoms with E-state index in [1.54, 1.807) is 39.0 Å². The fraction of sp³-hybridized carbons (Fsp3) is 0.526. The predicted molar refractivity (Wildman–Crippen MR) is 99.4 cm³/mol. The lowest BCUT2D eigenvalue weighted by Crippen LogP contribution is -2.45. The molecule has 1 aliphatic heterocycles. The molecule has 7 heteroatoms. The number of amides is 1. The van der Waals surface area contributed by atoms with Crippen molar-refractivity contribution in [3.8, 4) is 0 Å². The van der Waals surface area contributed by atoms with Gasteiger partial charge in [0.05, 0.1) is 23.6 Å². The summed E-state index contributed by atoms with van der Waals surface area (Å²) in [5.41, 5.74) is 0.329. The van der Waals surface area contributed by atoms with Gasteiger partial charge in [0.25, 0.3) is 10.1 Å². The molecule has 2 atom stereocenters. The normalized spacial score (nSPS) is 20.8. The highest BCUT2D eigenvalue weighted by molar-refractivity contribution is 7.86. The molecule has 0 unspecified atom stereocenters. The molecule has 1 fully saturated rings. The quantitative estimate of drug-likeness (QED) is 0.575. The molecule has 0 radical (unpaired) electrons. The molecule has 1 amide bonds. The van der Waals surface area contributed by atoms with E-state index >= 15 is 0 Å². The SMILES string of the molecule is C=C[C@@H]1CC[C@@H](COS(=O)(=O)c2ccc(C)cc2)N1C(=O)OC(C)(C)C. The lowest BCUT2D eigenvalue weighted by atomic mass is 10.2. The first kappa shape index (κ1) is 20.5. The molecule has 1 saturated heterocycles. The summed E-state index contributed by atoms with van der Waals surface area (Å²) in [4.78, 5) is 14.2. The van der Waals surface area contributed by atoms with Gasteiger partial charge >= 0.3 is 6.09 Å². The number of ether oxygens (including phenoxy) is 1. The summed E-state index contributed by atoms with van der Waals surface area (Å²) in [6.07, 6.45) is 2.51. The minimum absolute atomic E-state index is 0.102. The number of carbonyl (C=O) groups excluding carboxylic acids is 1. The van der Waals surface area contributed by atoms with Crippen LogP contribution in [0.1, 0.15) is 39.2 Å². The minimum Gasteiger partial charge on any atom is -0.444 e. The van der Waals surface area contributed by atoms with Crippen LogP contribution in [0.3, 0.4) is 0 Å². The van der Waals surface area contributed by atoms with E-state index in [0.29, 0.717) is 12.8 Å². The van der Waals surface area contributed by atoms with Crippen molar-refractivity contribution < 1.29 is 22.1 Å². The van der Waals surface area contributed by atoms with E-state index in [0.717, 1.165) is 5.56 Å². The van der Waals surface area contributed by atoms with E-state index in [4.69, 9.17) is 8.92 Å². The Hall–Kier alpha value is -1.86. The average molecular weight is 381 g/mol. The standard InChI is InChI=1S/C19H27NO5S/c1-6-15-9-10-16(20(15)18(21)25-19(3,4)5)13-24-26(22,23)17-11-7-14(2)8-12-17/h6-8,11-12,15-16H,1,9-10,13H2,2-5H3/t15-,16+/m1/s1. The minimum atomic E-state index is -3.88. The second kappa shape index (κ2) is 7.80. The predicted octanol–water partition coefficient (Wildman–Crippen LogP) is 3.65. The Kier molecular flexibility index (Phi) is 6.13. The Morgan fingerprint density at radius 3 is 2.42 bits per heavy atom. The van der Waals surface area contributed by atoms with Crippen molar-refractivity contribution in [2.45, 2.75) is 63.1 Å². The summed E-state index contributed by atoms with van der Waals surface area (Å²) >= 11 is 0. The molecule has 144 valence electrons. The van der Waals surface area contributed by atoms with Gasteiger partial charge in [0, 0.05) is 0 Å². The molecule has 0 N–H and O–H groups in total. The third-order valence-electron chi connectivity index (χ3n) is 4.15. The molecule has 26 heavy (non-hydrogen) atoms. The number of nitrogens with zero attached hydrogens (tertiary/aromatic N) is 1. The van der Waals surface area contributed by atoms with Gasteiger partial charge in [-0.25, -0.2) is 4.79 Å². The Morgan fingerprint density at radius 1 is 1.27 bits per heavy atom. The summed E-state index contributed by atoms with van der Waals surface area (Å²) < 4.78 is 35.4. The molecule has 1 aliphatic rings. The van der Waals surface area contributed by atoms with E-state index in [-0.39, 0.29) is 23.6 Å². The van der Waals surface area contributed by atoms with Crippen LogP contribution in [-0.4, -0.2) is 43.7 Å². The molecule has 1 heterocycles. The molecule has 2 rings (SSSR count). The molecule has 6 nitrogen and oxygen atoms in total. The van der Waals surface area contributed by atoms with Gasteiger partial charge in [-0.1, -0.05) is 23.8 Å². The van der Waals surface area contributed by atoms with E-state index in [9.17, 15) is 13.2 Å². The number of aryl methyl sites for hydroxylation is 1. The number of hydrogen-bond acceptors (Lipinski definition) is 5. The van der Waals surface area contributed by atoms with Crippen molar-refractivity contribution >= 4 is 16.2 Å². The van der Waals surface area contributed by atoms with Crippen LogP contribution in [0.2, 0.25) is 0 Å². The first-order chi connectivity index (χ1) is 12.0. The maximum atomic E-state index is 12.5. The Bertz CT molecular complexity index is 749. The second-order valence-corrected chi connectivity index (χ2v) is 9.09. The summed E-state index contributed by atoms with van der Waals surface area (Å²) in [5.74, 6) is 0. The zero-order chi connectivity index (χ0) is 19.5. The van der Waals surface area contributed by atoms with Gasteiger partial charge in [0.1, 0.15) is 5.60 Å². The highest BCUT2D eigenvalue weighted by atomic mass is 32.2. The molecule has 0 aliphatic carbocycles. The number of likely N-dealkylation sites (tertiary alicyclic amines) is 1. The van der Waals surface area contributed by atoms with Crippen LogP contribution in [0.15, 0.2) is 41.8 Å². The average Bonchev–Trinajstić information content (AvgIpc) is 2.95. The topological polar surface area (TPSA) is 72.9 Å². The largest absolute Gasteiger partial charge is 0.444 e. The van der Waals surface area contributed by atoms with Gasteiger partial charge in [-0.05, 0) is 52.7 Å². The summed E-state index contributed by atoms with van der Waals surface area (Å²) in [7, 11) is -3.88. The van der Waals surface area contributed by atoms with Crippen LogP contribution >= 0.6 is 0 Å². The van der Waals surface area contributed by atoms with Crippen LogP contribution in [0.5, 0.6) is 0 Å². The van der Waals surface area contributed by atoms with Crippen molar-refractivity contribution in [2.24, 2.45) is 0 Å². The maximum absolute atomic E-state index is 12.5. The maximum Gasteiger partial charge on any atom is 0.411 e. The smallest absolute Gasteiger partial charge is 0.411 e. The van der Waals surface area contributed by atoms with Gasteiger partial charge in [0.2, 0.25) is 0 Å². The highest BCUT2D eigenvalue weighted by Crippen LogP contribution is 2.28. The van der Waals surface area contributed by atoms with Gasteiger partial charge in [-0.3, -0.25) is 9.08 Å². The van der Waals surface area contributed by atoms with E-state index in [2.05, 4.69) is 6.58 Å². The summed E-state index contributed by atoms with van der Waals surface area (Å²) in [6.45, 7) is 10.9. The number of hydrogen-bond donors (Lipinski definition) is 0. The summed E-state index contributed by atoms with van der Waals surface area (Å²) in [5, 5.41) is 0. The van der Waals surface area contributed by atoms with Crippen molar-refractivity contribution in [1.29, 1.82) is 0 Å². The Balaban J connectivity index is 2.10. The highest BCUT2D eigenvalue weighted by Gasteiger charge is 2.38. The number of benzene rings is 1. The zero-order valence-electron chi connectivity index (χ0n) is 15.8. The monoisotopic (exact) mass is 381 g/mol. The molecular formula is C19H27NO5S. The molecule has 0 bridgehead atoms. The zero-order valence-corrected chi connectivity index (χ0v) is 16.6. The lowest BCUT2D eigenvalue weighted by Gasteiger charge is -2.31. The first-order valence-electron chi connectivity index (χ1n) is 8.63. The fourth-order valence-corrected chi connectivity index (χ4v) is 3.79. The third-order valence-corrected chi connectivity index (χ3v) is 5.44. The van der Waals surface area contributed by atoms with E-state index < -0.39 is 21.8 Å². The molecule has 0 aromatic heterocycles. The van der Waals surface area contributed by atoms with Crippen molar-refractivity contribution in [1.82, 2.24) is 4.90 Å². The summed E-state index contributed by atoms with van der Waals surface area (Å²) in [6, 6.07) is 5.88. The molecule has 0 spiro atoms. The third kappa shape index (κ3) is 5.08. The van der Waals surface area contributed by atoms with Crippen LogP contribution in [0, 0.1) is 6.92 Å². The van der Waals surface area contributed by atoms with Gasteiger partial charge < -0.3 is 4.74 Å². The van der Waals surface area contributed by atoms with Crippen LogP contribution in [0.4, 0.5) is 4.79 Å². The van der Waals surface area contributed by atoms with Gasteiger partial charge in [-0.2, -0.15) is 8.42 Å².